The van der Waals surface area contributed by atoms with E-state index in [0.717, 1.165) is 22.5 Å². The lowest BCUT2D eigenvalue weighted by atomic mass is 10.1. The molecule has 0 spiro atoms. The molecule has 3 aromatic rings. The van der Waals surface area contributed by atoms with Crippen LogP contribution in [0.2, 0.25) is 5.15 Å². The Kier molecular flexibility index (Phi) is 5.90. The van der Waals surface area contributed by atoms with Gasteiger partial charge in [0.2, 0.25) is 10.0 Å². The Balaban J connectivity index is 1.81. The fraction of sp³-hybridized carbons (Fsp3) is 0.250. The molecular formula is C20H23ClN4O2S. The molecule has 0 bridgehead atoms. The van der Waals surface area contributed by atoms with Crippen molar-refractivity contribution in [1.82, 2.24) is 14.7 Å². The molecule has 0 unspecified atom stereocenters. The molecule has 8 heteroatoms. The van der Waals surface area contributed by atoms with E-state index in [0.29, 0.717) is 11.7 Å². The summed E-state index contributed by atoms with van der Waals surface area (Å²) >= 11 is 6.62. The van der Waals surface area contributed by atoms with E-state index in [1.165, 1.54) is 12.1 Å². The van der Waals surface area contributed by atoms with Crippen LogP contribution in [0.5, 0.6) is 0 Å². The van der Waals surface area contributed by atoms with Gasteiger partial charge in [0.25, 0.3) is 0 Å². The van der Waals surface area contributed by atoms with Gasteiger partial charge >= 0.3 is 0 Å². The van der Waals surface area contributed by atoms with Gasteiger partial charge in [-0.1, -0.05) is 41.9 Å². The normalized spacial score (nSPS) is 13.1. The van der Waals surface area contributed by atoms with Crippen molar-refractivity contribution in [2.24, 2.45) is 5.14 Å². The standard InChI is InChI=1S/C20H23ClN4O2S/c1-14-19(20(21)25(23-14)17-7-5-4-6-8-17)13-24(3)15(2)16-9-11-18(12-10-16)28(22,26)27/h4-12,15H,13H2,1-3H3,(H2,22,26,27)/t15-/m1/s1. The van der Waals surface area contributed by atoms with Gasteiger partial charge in [0, 0.05) is 18.2 Å². The molecule has 0 saturated carbocycles. The van der Waals surface area contributed by atoms with Crippen molar-refractivity contribution < 1.29 is 8.42 Å². The Labute approximate surface area is 170 Å². The number of hydrogen-bond donors (Lipinski definition) is 1. The predicted octanol–water partition coefficient (Wildman–Crippen LogP) is 3.67. The zero-order chi connectivity index (χ0) is 20.5. The van der Waals surface area contributed by atoms with E-state index in [4.69, 9.17) is 16.7 Å². The van der Waals surface area contributed by atoms with Crippen molar-refractivity contribution in [1.29, 1.82) is 0 Å². The van der Waals surface area contributed by atoms with E-state index in [1.54, 1.807) is 16.8 Å². The third kappa shape index (κ3) is 4.28. The maximum absolute atomic E-state index is 11.4. The second-order valence-electron chi connectivity index (χ2n) is 6.81. The monoisotopic (exact) mass is 418 g/mol. The highest BCUT2D eigenvalue weighted by atomic mass is 35.5. The van der Waals surface area contributed by atoms with Crippen LogP contribution in [0.15, 0.2) is 59.5 Å². The average Bonchev–Trinajstić information content (AvgIpc) is 2.95. The molecule has 1 heterocycles. The highest BCUT2D eigenvalue weighted by Gasteiger charge is 2.20. The van der Waals surface area contributed by atoms with Gasteiger partial charge in [-0.2, -0.15) is 5.10 Å². The maximum Gasteiger partial charge on any atom is 0.238 e. The number of aryl methyl sites for hydroxylation is 1. The number of rotatable bonds is 6. The lowest BCUT2D eigenvalue weighted by Gasteiger charge is -2.25. The molecule has 3 rings (SSSR count). The van der Waals surface area contributed by atoms with Crippen LogP contribution in [0.1, 0.15) is 29.8 Å². The summed E-state index contributed by atoms with van der Waals surface area (Å²) < 4.78 is 24.6. The van der Waals surface area contributed by atoms with Crippen LogP contribution in [0.4, 0.5) is 0 Å². The molecule has 0 aliphatic heterocycles. The van der Waals surface area contributed by atoms with E-state index >= 15 is 0 Å². The summed E-state index contributed by atoms with van der Waals surface area (Å²) in [5.41, 5.74) is 3.73. The lowest BCUT2D eigenvalue weighted by Crippen LogP contribution is -2.22. The summed E-state index contributed by atoms with van der Waals surface area (Å²) in [4.78, 5) is 2.24. The molecule has 1 atom stereocenters. The molecule has 0 aliphatic carbocycles. The van der Waals surface area contributed by atoms with Gasteiger partial charge in [0.1, 0.15) is 5.15 Å². The first-order valence-corrected chi connectivity index (χ1v) is 10.7. The maximum atomic E-state index is 11.4. The van der Waals surface area contributed by atoms with Gasteiger partial charge in [0.15, 0.2) is 0 Å². The van der Waals surface area contributed by atoms with Gasteiger partial charge in [-0.25, -0.2) is 18.2 Å². The van der Waals surface area contributed by atoms with Gasteiger partial charge < -0.3 is 0 Å². The van der Waals surface area contributed by atoms with E-state index in [9.17, 15) is 8.42 Å². The lowest BCUT2D eigenvalue weighted by molar-refractivity contribution is 0.252. The van der Waals surface area contributed by atoms with Gasteiger partial charge in [-0.3, -0.25) is 4.90 Å². The SMILES string of the molecule is Cc1nn(-c2ccccc2)c(Cl)c1CN(C)[C@H](C)c1ccc(S(N)(=O)=O)cc1. The number of halogens is 1. The zero-order valence-electron chi connectivity index (χ0n) is 16.0. The average molecular weight is 419 g/mol. The Morgan fingerprint density at radius 3 is 2.32 bits per heavy atom. The molecule has 2 N–H and O–H groups in total. The van der Waals surface area contributed by atoms with Crippen LogP contribution >= 0.6 is 11.6 Å². The molecular weight excluding hydrogens is 396 g/mol. The second-order valence-corrected chi connectivity index (χ2v) is 8.73. The van der Waals surface area contributed by atoms with Crippen LogP contribution in [0.25, 0.3) is 5.69 Å². The summed E-state index contributed by atoms with van der Waals surface area (Å²) in [6.45, 7) is 4.60. The van der Waals surface area contributed by atoms with Crippen LogP contribution < -0.4 is 5.14 Å². The fourth-order valence-corrected chi connectivity index (χ4v) is 3.88. The topological polar surface area (TPSA) is 81.2 Å². The number of para-hydroxylation sites is 1. The number of nitrogens with two attached hydrogens (primary N) is 1. The van der Waals surface area contributed by atoms with Crippen molar-refractivity contribution in [2.45, 2.75) is 31.3 Å². The smallest absolute Gasteiger partial charge is 0.238 e. The van der Waals surface area contributed by atoms with Crippen LogP contribution in [-0.2, 0) is 16.6 Å². The zero-order valence-corrected chi connectivity index (χ0v) is 17.6. The van der Waals surface area contributed by atoms with Gasteiger partial charge in [-0.05, 0) is 50.7 Å². The van der Waals surface area contributed by atoms with Gasteiger partial charge in [-0.15, -0.1) is 0 Å². The number of primary sulfonamides is 1. The minimum absolute atomic E-state index is 0.0464. The summed E-state index contributed by atoms with van der Waals surface area (Å²) in [5, 5.41) is 10.3. The van der Waals surface area contributed by atoms with E-state index in [-0.39, 0.29) is 10.9 Å². The first-order valence-electron chi connectivity index (χ1n) is 8.81. The second kappa shape index (κ2) is 8.05. The van der Waals surface area contributed by atoms with Crippen LogP contribution in [0, 0.1) is 6.92 Å². The number of nitrogens with zero attached hydrogens (tertiary/aromatic N) is 3. The molecule has 0 saturated heterocycles. The van der Waals surface area contributed by atoms with E-state index < -0.39 is 10.0 Å². The summed E-state index contributed by atoms with van der Waals surface area (Å²) in [5.74, 6) is 0. The molecule has 0 radical (unpaired) electrons. The molecule has 0 amide bonds. The number of aromatic nitrogens is 2. The highest BCUT2D eigenvalue weighted by molar-refractivity contribution is 7.89. The van der Waals surface area contributed by atoms with Crippen molar-refractivity contribution in [3.05, 3.63) is 76.6 Å². The Bertz CT molecular complexity index is 1060. The third-order valence-corrected chi connectivity index (χ3v) is 6.20. The number of sulfonamides is 1. The van der Waals surface area contributed by atoms with E-state index in [1.807, 2.05) is 44.3 Å². The minimum atomic E-state index is -3.69. The molecule has 28 heavy (non-hydrogen) atoms. The first kappa shape index (κ1) is 20.5. The molecule has 1 aromatic heterocycles. The molecule has 0 aliphatic rings. The molecule has 2 aromatic carbocycles. The Morgan fingerprint density at radius 1 is 1.14 bits per heavy atom. The van der Waals surface area contributed by atoms with Crippen LogP contribution in [-0.4, -0.2) is 30.1 Å². The van der Waals surface area contributed by atoms with Crippen molar-refractivity contribution in [3.8, 4) is 5.69 Å². The van der Waals surface area contributed by atoms with E-state index in [2.05, 4.69) is 16.9 Å². The predicted molar refractivity (Wildman–Crippen MR) is 111 cm³/mol. The molecule has 148 valence electrons. The first-order chi connectivity index (χ1) is 13.2. The fourth-order valence-electron chi connectivity index (χ4n) is 3.03. The highest BCUT2D eigenvalue weighted by Crippen LogP contribution is 2.28. The van der Waals surface area contributed by atoms with Crippen LogP contribution in [0.3, 0.4) is 0 Å². The summed E-state index contributed by atoms with van der Waals surface area (Å²) in [6, 6.07) is 16.4. The largest absolute Gasteiger partial charge is 0.295 e. The van der Waals surface area contributed by atoms with Crippen molar-refractivity contribution in [3.63, 3.8) is 0 Å². The van der Waals surface area contributed by atoms with Gasteiger partial charge in [0.05, 0.1) is 16.3 Å². The Morgan fingerprint density at radius 2 is 1.75 bits per heavy atom. The molecule has 0 fully saturated rings. The quantitative estimate of drug-likeness (QED) is 0.662. The minimum Gasteiger partial charge on any atom is -0.295 e. The third-order valence-electron chi connectivity index (χ3n) is 4.88. The Hall–Kier alpha value is -2.19. The summed E-state index contributed by atoms with van der Waals surface area (Å²) in [6.07, 6.45) is 0. The van der Waals surface area contributed by atoms with Crippen molar-refractivity contribution in [2.75, 3.05) is 7.05 Å². The number of benzene rings is 2. The summed E-state index contributed by atoms with van der Waals surface area (Å²) in [7, 11) is -1.70. The number of hydrogen-bond acceptors (Lipinski definition) is 4. The van der Waals surface area contributed by atoms with Crippen molar-refractivity contribution >= 4 is 21.6 Å². The molecule has 6 nitrogen and oxygen atoms in total.